The van der Waals surface area contributed by atoms with Gasteiger partial charge >= 0.3 is 6.09 Å². The molecule has 0 aromatic heterocycles. The number of amides is 1. The van der Waals surface area contributed by atoms with Crippen molar-refractivity contribution in [3.8, 4) is 0 Å². The summed E-state index contributed by atoms with van der Waals surface area (Å²) in [6.45, 7) is 0. The zero-order chi connectivity index (χ0) is 10.7. The SMILES string of the molecule is COC(=O)N(C)c1ccc(Cl)c(Cl)c1. The quantitative estimate of drug-likeness (QED) is 0.746. The lowest BCUT2D eigenvalue weighted by Crippen LogP contribution is -2.25. The van der Waals surface area contributed by atoms with E-state index in [9.17, 15) is 4.79 Å². The van der Waals surface area contributed by atoms with Gasteiger partial charge < -0.3 is 4.74 Å². The number of nitrogens with zero attached hydrogens (tertiary/aromatic N) is 1. The summed E-state index contributed by atoms with van der Waals surface area (Å²) >= 11 is 11.5. The van der Waals surface area contributed by atoms with Crippen LogP contribution in [-0.4, -0.2) is 20.3 Å². The molecule has 1 rings (SSSR count). The monoisotopic (exact) mass is 233 g/mol. The van der Waals surface area contributed by atoms with Crippen molar-refractivity contribution in [2.75, 3.05) is 19.1 Å². The Hall–Kier alpha value is -0.930. The maximum Gasteiger partial charge on any atom is 0.413 e. The molecule has 0 unspecified atom stereocenters. The van der Waals surface area contributed by atoms with Gasteiger partial charge in [-0.15, -0.1) is 0 Å². The average molecular weight is 234 g/mol. The summed E-state index contributed by atoms with van der Waals surface area (Å²) < 4.78 is 4.55. The molecular weight excluding hydrogens is 225 g/mol. The molecule has 0 aliphatic heterocycles. The maximum absolute atomic E-state index is 11.1. The molecule has 1 aromatic rings. The van der Waals surface area contributed by atoms with Crippen LogP contribution in [0.5, 0.6) is 0 Å². The lowest BCUT2D eigenvalue weighted by molar-refractivity contribution is 0.180. The highest BCUT2D eigenvalue weighted by molar-refractivity contribution is 6.42. The molecule has 0 aliphatic rings. The molecule has 0 atom stereocenters. The number of halogens is 2. The highest BCUT2D eigenvalue weighted by Crippen LogP contribution is 2.26. The Morgan fingerprint density at radius 1 is 1.36 bits per heavy atom. The van der Waals surface area contributed by atoms with Crippen molar-refractivity contribution in [1.29, 1.82) is 0 Å². The Bertz CT molecular complexity index is 355. The minimum atomic E-state index is -0.455. The number of anilines is 1. The van der Waals surface area contributed by atoms with E-state index >= 15 is 0 Å². The number of methoxy groups -OCH3 is 1. The first-order valence-electron chi connectivity index (χ1n) is 3.83. The fraction of sp³-hybridized carbons (Fsp3) is 0.222. The second kappa shape index (κ2) is 4.53. The fourth-order valence-corrected chi connectivity index (χ4v) is 1.23. The number of carbonyl (C=O) groups excluding carboxylic acids is 1. The summed E-state index contributed by atoms with van der Waals surface area (Å²) in [5.41, 5.74) is 0.631. The number of ether oxygens (including phenoxy) is 1. The average Bonchev–Trinajstić information content (AvgIpc) is 2.20. The van der Waals surface area contributed by atoms with E-state index < -0.39 is 6.09 Å². The van der Waals surface area contributed by atoms with Gasteiger partial charge in [0.1, 0.15) is 0 Å². The fourth-order valence-electron chi connectivity index (χ4n) is 0.936. The van der Waals surface area contributed by atoms with E-state index in [1.807, 2.05) is 0 Å². The molecule has 5 heteroatoms. The number of carbonyl (C=O) groups is 1. The highest BCUT2D eigenvalue weighted by Gasteiger charge is 2.11. The summed E-state index contributed by atoms with van der Waals surface area (Å²) in [6.07, 6.45) is -0.455. The van der Waals surface area contributed by atoms with Gasteiger partial charge in [0.05, 0.1) is 17.2 Å². The number of benzene rings is 1. The molecule has 0 aliphatic carbocycles. The molecule has 0 fully saturated rings. The van der Waals surface area contributed by atoms with Crippen LogP contribution in [0.15, 0.2) is 18.2 Å². The molecule has 0 radical (unpaired) electrons. The third-order valence-corrected chi connectivity index (χ3v) is 2.48. The lowest BCUT2D eigenvalue weighted by atomic mass is 10.3. The van der Waals surface area contributed by atoms with Crippen LogP contribution in [0.3, 0.4) is 0 Å². The van der Waals surface area contributed by atoms with Gasteiger partial charge in [0.15, 0.2) is 0 Å². The van der Waals surface area contributed by atoms with Crippen LogP contribution in [0.4, 0.5) is 10.5 Å². The predicted molar refractivity (Wildman–Crippen MR) is 57.3 cm³/mol. The molecule has 1 aromatic carbocycles. The van der Waals surface area contributed by atoms with Crippen molar-refractivity contribution >= 4 is 35.0 Å². The maximum atomic E-state index is 11.1. The Balaban J connectivity index is 2.96. The van der Waals surface area contributed by atoms with Crippen LogP contribution < -0.4 is 4.90 Å². The zero-order valence-electron chi connectivity index (χ0n) is 7.75. The molecular formula is C9H9Cl2NO2. The third-order valence-electron chi connectivity index (χ3n) is 1.74. The Morgan fingerprint density at radius 2 is 2.00 bits per heavy atom. The van der Waals surface area contributed by atoms with E-state index in [1.54, 1.807) is 25.2 Å². The molecule has 1 amide bonds. The van der Waals surface area contributed by atoms with Crippen LogP contribution in [0.1, 0.15) is 0 Å². The van der Waals surface area contributed by atoms with Crippen molar-refractivity contribution in [2.24, 2.45) is 0 Å². The summed E-state index contributed by atoms with van der Waals surface area (Å²) in [5, 5.41) is 0.855. The largest absolute Gasteiger partial charge is 0.452 e. The van der Waals surface area contributed by atoms with Gasteiger partial charge in [0.25, 0.3) is 0 Å². The first-order chi connectivity index (χ1) is 6.56. The van der Waals surface area contributed by atoms with Crippen LogP contribution in [0, 0.1) is 0 Å². The second-order valence-corrected chi connectivity index (χ2v) is 3.44. The molecule has 3 nitrogen and oxygen atoms in total. The Kier molecular flexibility index (Phi) is 3.61. The van der Waals surface area contributed by atoms with E-state index in [2.05, 4.69) is 4.74 Å². The number of hydrogen-bond acceptors (Lipinski definition) is 2. The lowest BCUT2D eigenvalue weighted by Gasteiger charge is -2.15. The zero-order valence-corrected chi connectivity index (χ0v) is 9.26. The molecule has 14 heavy (non-hydrogen) atoms. The van der Waals surface area contributed by atoms with E-state index in [1.165, 1.54) is 12.0 Å². The standard InChI is InChI=1S/C9H9Cl2NO2/c1-12(9(13)14-2)6-3-4-7(10)8(11)5-6/h3-5H,1-2H3. The minimum absolute atomic E-state index is 0.403. The molecule has 0 spiro atoms. The molecule has 76 valence electrons. The molecule has 0 saturated heterocycles. The molecule has 0 heterocycles. The number of rotatable bonds is 1. The topological polar surface area (TPSA) is 29.5 Å². The first-order valence-corrected chi connectivity index (χ1v) is 4.58. The smallest absolute Gasteiger partial charge is 0.413 e. The normalized spacial score (nSPS) is 9.71. The Labute approximate surface area is 92.2 Å². The summed E-state index contributed by atoms with van der Waals surface area (Å²) in [7, 11) is 2.90. The number of hydrogen-bond donors (Lipinski definition) is 0. The Morgan fingerprint density at radius 3 is 2.50 bits per heavy atom. The van der Waals surface area contributed by atoms with Crippen LogP contribution >= 0.6 is 23.2 Å². The van der Waals surface area contributed by atoms with Gasteiger partial charge in [-0.1, -0.05) is 23.2 Å². The predicted octanol–water partition coefficient (Wildman–Crippen LogP) is 3.20. The first kappa shape index (κ1) is 11.1. The summed E-state index contributed by atoms with van der Waals surface area (Å²) in [6, 6.07) is 4.91. The third kappa shape index (κ3) is 2.30. The summed E-state index contributed by atoms with van der Waals surface area (Å²) in [4.78, 5) is 12.5. The summed E-state index contributed by atoms with van der Waals surface area (Å²) in [5.74, 6) is 0. The van der Waals surface area contributed by atoms with Gasteiger partial charge in [-0.3, -0.25) is 4.90 Å². The molecule has 0 saturated carbocycles. The van der Waals surface area contributed by atoms with Gasteiger partial charge in [-0.05, 0) is 18.2 Å². The van der Waals surface area contributed by atoms with E-state index in [4.69, 9.17) is 23.2 Å². The van der Waals surface area contributed by atoms with Crippen LogP contribution in [0.2, 0.25) is 10.0 Å². The minimum Gasteiger partial charge on any atom is -0.452 e. The van der Waals surface area contributed by atoms with Crippen LogP contribution in [0.25, 0.3) is 0 Å². The van der Waals surface area contributed by atoms with Crippen LogP contribution in [-0.2, 0) is 4.74 Å². The van der Waals surface area contributed by atoms with Crippen molar-refractivity contribution in [3.05, 3.63) is 28.2 Å². The van der Waals surface area contributed by atoms with Crippen molar-refractivity contribution < 1.29 is 9.53 Å². The van der Waals surface area contributed by atoms with Crippen molar-refractivity contribution in [3.63, 3.8) is 0 Å². The van der Waals surface area contributed by atoms with Gasteiger partial charge in [0.2, 0.25) is 0 Å². The highest BCUT2D eigenvalue weighted by atomic mass is 35.5. The van der Waals surface area contributed by atoms with E-state index in [0.717, 1.165) is 0 Å². The van der Waals surface area contributed by atoms with Gasteiger partial charge in [-0.25, -0.2) is 4.79 Å². The van der Waals surface area contributed by atoms with Crippen molar-refractivity contribution in [1.82, 2.24) is 0 Å². The second-order valence-electron chi connectivity index (χ2n) is 2.63. The van der Waals surface area contributed by atoms with E-state index in [0.29, 0.717) is 15.7 Å². The van der Waals surface area contributed by atoms with E-state index in [-0.39, 0.29) is 0 Å². The van der Waals surface area contributed by atoms with Gasteiger partial charge in [-0.2, -0.15) is 0 Å². The molecule has 0 bridgehead atoms. The van der Waals surface area contributed by atoms with Crippen molar-refractivity contribution in [2.45, 2.75) is 0 Å². The van der Waals surface area contributed by atoms with Gasteiger partial charge in [0, 0.05) is 12.7 Å². The molecule has 0 N–H and O–H groups in total.